The molecule has 2 amide bonds. The molecule has 152 valence electrons. The summed E-state index contributed by atoms with van der Waals surface area (Å²) in [7, 11) is 0. The number of hydrogen-bond donors (Lipinski definition) is 1. The van der Waals surface area contributed by atoms with E-state index in [9.17, 15) is 19.1 Å². The summed E-state index contributed by atoms with van der Waals surface area (Å²) in [6.07, 6.45) is 3.68. The van der Waals surface area contributed by atoms with Gasteiger partial charge in [-0.3, -0.25) is 9.59 Å². The number of amides is 2. The highest BCUT2D eigenvalue weighted by molar-refractivity contribution is 6.00. The van der Waals surface area contributed by atoms with Crippen LogP contribution in [0.5, 0.6) is 5.75 Å². The molecule has 0 aliphatic carbocycles. The second-order valence-electron chi connectivity index (χ2n) is 7.89. The molecule has 1 unspecified atom stereocenters. The van der Waals surface area contributed by atoms with Crippen molar-refractivity contribution in [2.45, 2.75) is 37.6 Å². The minimum absolute atomic E-state index is 0.0110. The standard InChI is InChI=1S/C23H25FN2O3/c24-19-9-8-18(16-20(19)27)21(28)26-14-5-12-23(26)11-4-13-25(22(23)29)15-10-17-6-2-1-3-7-17/h1-3,6-9,16,27H,4-5,10-15H2. The quantitative estimate of drug-likeness (QED) is 0.862. The topological polar surface area (TPSA) is 60.9 Å². The summed E-state index contributed by atoms with van der Waals surface area (Å²) in [5.74, 6) is -1.63. The molecular weight excluding hydrogens is 371 g/mol. The van der Waals surface area contributed by atoms with Gasteiger partial charge in [0.25, 0.3) is 5.91 Å². The fourth-order valence-electron chi connectivity index (χ4n) is 4.65. The Morgan fingerprint density at radius 1 is 1.07 bits per heavy atom. The van der Waals surface area contributed by atoms with Crippen LogP contribution in [0.15, 0.2) is 48.5 Å². The molecule has 1 atom stereocenters. The Kier molecular flexibility index (Phi) is 5.26. The molecule has 29 heavy (non-hydrogen) atoms. The Hall–Kier alpha value is -2.89. The van der Waals surface area contributed by atoms with Gasteiger partial charge in [0.1, 0.15) is 5.54 Å². The summed E-state index contributed by atoms with van der Waals surface area (Å²) >= 11 is 0. The number of rotatable bonds is 4. The van der Waals surface area contributed by atoms with E-state index in [1.165, 1.54) is 11.6 Å². The summed E-state index contributed by atoms with van der Waals surface area (Å²) in [5, 5.41) is 9.64. The zero-order chi connectivity index (χ0) is 20.4. The molecule has 1 N–H and O–H groups in total. The van der Waals surface area contributed by atoms with Gasteiger partial charge in [0, 0.05) is 25.2 Å². The van der Waals surface area contributed by atoms with E-state index < -0.39 is 17.1 Å². The lowest BCUT2D eigenvalue weighted by atomic mass is 9.84. The maximum Gasteiger partial charge on any atom is 0.254 e. The zero-order valence-electron chi connectivity index (χ0n) is 16.3. The van der Waals surface area contributed by atoms with Crippen LogP contribution in [0.2, 0.25) is 0 Å². The number of likely N-dealkylation sites (tertiary alicyclic amines) is 2. The van der Waals surface area contributed by atoms with Crippen LogP contribution in [0.3, 0.4) is 0 Å². The number of nitrogens with zero attached hydrogens (tertiary/aromatic N) is 2. The first-order valence-corrected chi connectivity index (χ1v) is 10.1. The van der Waals surface area contributed by atoms with Gasteiger partial charge >= 0.3 is 0 Å². The number of aromatic hydroxyl groups is 1. The third kappa shape index (κ3) is 3.59. The van der Waals surface area contributed by atoms with Crippen LogP contribution in [-0.4, -0.2) is 51.9 Å². The van der Waals surface area contributed by atoms with Crippen molar-refractivity contribution < 1.29 is 19.1 Å². The molecule has 5 nitrogen and oxygen atoms in total. The lowest BCUT2D eigenvalue weighted by Crippen LogP contribution is -2.61. The van der Waals surface area contributed by atoms with E-state index in [2.05, 4.69) is 12.1 Å². The van der Waals surface area contributed by atoms with E-state index in [1.807, 2.05) is 23.1 Å². The molecule has 0 radical (unpaired) electrons. The summed E-state index contributed by atoms with van der Waals surface area (Å²) in [6, 6.07) is 13.6. The number of carbonyl (C=O) groups excluding carboxylic acids is 2. The van der Waals surface area contributed by atoms with Gasteiger partial charge in [-0.1, -0.05) is 30.3 Å². The largest absolute Gasteiger partial charge is 0.505 e. The summed E-state index contributed by atoms with van der Waals surface area (Å²) in [6.45, 7) is 1.83. The van der Waals surface area contributed by atoms with Crippen molar-refractivity contribution in [1.29, 1.82) is 0 Å². The van der Waals surface area contributed by atoms with Crippen molar-refractivity contribution in [3.8, 4) is 5.75 Å². The lowest BCUT2D eigenvalue weighted by Gasteiger charge is -2.44. The number of hydrogen-bond acceptors (Lipinski definition) is 3. The molecule has 6 heteroatoms. The first-order valence-electron chi connectivity index (χ1n) is 10.1. The van der Waals surface area contributed by atoms with Crippen molar-refractivity contribution in [1.82, 2.24) is 9.80 Å². The molecule has 2 aromatic carbocycles. The van der Waals surface area contributed by atoms with Crippen molar-refractivity contribution >= 4 is 11.8 Å². The van der Waals surface area contributed by atoms with Gasteiger partial charge in [-0.15, -0.1) is 0 Å². The van der Waals surface area contributed by atoms with E-state index >= 15 is 0 Å². The molecule has 2 aliphatic rings. The number of halogens is 1. The highest BCUT2D eigenvalue weighted by Gasteiger charge is 2.52. The average Bonchev–Trinajstić information content (AvgIpc) is 3.16. The smallest absolute Gasteiger partial charge is 0.254 e. The third-order valence-electron chi connectivity index (χ3n) is 6.14. The van der Waals surface area contributed by atoms with Crippen LogP contribution in [0.1, 0.15) is 41.6 Å². The molecule has 2 saturated heterocycles. The van der Waals surface area contributed by atoms with Crippen LogP contribution in [0.25, 0.3) is 0 Å². The highest BCUT2D eigenvalue weighted by atomic mass is 19.1. The second-order valence-corrected chi connectivity index (χ2v) is 7.89. The monoisotopic (exact) mass is 396 g/mol. The summed E-state index contributed by atoms with van der Waals surface area (Å²) in [4.78, 5) is 30.1. The van der Waals surface area contributed by atoms with Crippen LogP contribution in [-0.2, 0) is 11.2 Å². The lowest BCUT2D eigenvalue weighted by molar-refractivity contribution is -0.145. The molecule has 0 bridgehead atoms. The van der Waals surface area contributed by atoms with E-state index in [4.69, 9.17) is 0 Å². The van der Waals surface area contributed by atoms with Gasteiger partial charge in [0.05, 0.1) is 0 Å². The maximum absolute atomic E-state index is 13.5. The molecule has 4 rings (SSSR count). The number of carbonyl (C=O) groups is 2. The molecule has 2 heterocycles. The molecule has 0 saturated carbocycles. The first-order chi connectivity index (χ1) is 14.0. The summed E-state index contributed by atoms with van der Waals surface area (Å²) < 4.78 is 13.4. The van der Waals surface area contributed by atoms with Crippen LogP contribution < -0.4 is 0 Å². The molecule has 2 fully saturated rings. The van der Waals surface area contributed by atoms with Crippen molar-refractivity contribution in [3.63, 3.8) is 0 Å². The fourth-order valence-corrected chi connectivity index (χ4v) is 4.65. The highest BCUT2D eigenvalue weighted by Crippen LogP contribution is 2.39. The molecule has 0 aromatic heterocycles. The zero-order valence-corrected chi connectivity index (χ0v) is 16.3. The van der Waals surface area contributed by atoms with Crippen molar-refractivity contribution in [2.24, 2.45) is 0 Å². The normalized spacial score (nSPS) is 21.8. The predicted octanol–water partition coefficient (Wildman–Crippen LogP) is 3.37. The SMILES string of the molecule is O=C(c1ccc(F)c(O)c1)N1CCCC12CCCN(CCc1ccccc1)C2=O. The number of benzene rings is 2. The van der Waals surface area contributed by atoms with Gasteiger partial charge in [0.2, 0.25) is 5.91 Å². The second kappa shape index (κ2) is 7.85. The molecule has 2 aliphatic heterocycles. The maximum atomic E-state index is 13.5. The Morgan fingerprint density at radius 3 is 2.52 bits per heavy atom. The van der Waals surface area contributed by atoms with E-state index in [-0.39, 0.29) is 17.4 Å². The predicted molar refractivity (Wildman–Crippen MR) is 107 cm³/mol. The van der Waals surface area contributed by atoms with Crippen LogP contribution in [0, 0.1) is 5.82 Å². The van der Waals surface area contributed by atoms with E-state index in [0.29, 0.717) is 32.5 Å². The Bertz CT molecular complexity index is 918. The van der Waals surface area contributed by atoms with Gasteiger partial charge < -0.3 is 14.9 Å². The number of piperidine rings is 1. The molecular formula is C23H25FN2O3. The van der Waals surface area contributed by atoms with Gasteiger partial charge in [-0.2, -0.15) is 0 Å². The van der Waals surface area contributed by atoms with Crippen molar-refractivity contribution in [3.05, 3.63) is 65.5 Å². The minimum Gasteiger partial charge on any atom is -0.505 e. The van der Waals surface area contributed by atoms with Crippen LogP contribution >= 0.6 is 0 Å². The Labute approximate surface area is 169 Å². The van der Waals surface area contributed by atoms with Gasteiger partial charge in [-0.05, 0) is 55.9 Å². The number of phenols is 1. The van der Waals surface area contributed by atoms with Gasteiger partial charge in [0.15, 0.2) is 11.6 Å². The average molecular weight is 396 g/mol. The molecule has 2 aromatic rings. The Balaban J connectivity index is 1.53. The van der Waals surface area contributed by atoms with Crippen LogP contribution in [0.4, 0.5) is 4.39 Å². The molecule has 1 spiro atoms. The fraction of sp³-hybridized carbons (Fsp3) is 0.391. The summed E-state index contributed by atoms with van der Waals surface area (Å²) in [5.41, 5.74) is 0.566. The minimum atomic E-state index is -0.823. The Morgan fingerprint density at radius 2 is 1.79 bits per heavy atom. The first kappa shape index (κ1) is 19.4. The third-order valence-corrected chi connectivity index (χ3v) is 6.14. The van der Waals surface area contributed by atoms with E-state index in [0.717, 1.165) is 31.4 Å². The van der Waals surface area contributed by atoms with Crippen molar-refractivity contribution in [2.75, 3.05) is 19.6 Å². The van der Waals surface area contributed by atoms with E-state index in [1.54, 1.807) is 4.90 Å². The van der Waals surface area contributed by atoms with Gasteiger partial charge in [-0.25, -0.2) is 4.39 Å². The number of phenolic OH excluding ortho intramolecular Hbond substituents is 1.